The zero-order valence-corrected chi connectivity index (χ0v) is 18.4. The molecule has 0 unspecified atom stereocenters. The average molecular weight is 444 g/mol. The summed E-state index contributed by atoms with van der Waals surface area (Å²) in [5, 5.41) is 3.99. The highest BCUT2D eigenvalue weighted by atomic mass is 16.6. The molecule has 0 radical (unpaired) electrons. The van der Waals surface area contributed by atoms with Gasteiger partial charge >= 0.3 is 5.97 Å². The molecule has 0 saturated carbocycles. The lowest BCUT2D eigenvalue weighted by atomic mass is 10.2. The first-order chi connectivity index (χ1) is 16.1. The van der Waals surface area contributed by atoms with Gasteiger partial charge in [0.15, 0.2) is 11.5 Å². The van der Waals surface area contributed by atoms with Gasteiger partial charge in [0, 0.05) is 11.6 Å². The molecule has 0 aromatic heterocycles. The van der Waals surface area contributed by atoms with E-state index in [2.05, 4.69) is 10.5 Å². The molecule has 7 heteroatoms. The summed E-state index contributed by atoms with van der Waals surface area (Å²) in [7, 11) is 1.56. The van der Waals surface area contributed by atoms with Crippen LogP contribution in [0.3, 0.4) is 0 Å². The lowest BCUT2D eigenvalue weighted by molar-refractivity contribution is -0.129. The van der Waals surface area contributed by atoms with Crippen molar-refractivity contribution in [2.45, 2.75) is 6.92 Å². The maximum Gasteiger partial charge on any atom is 0.336 e. The summed E-state index contributed by atoms with van der Waals surface area (Å²) in [5.74, 6) is 0.473. The summed E-state index contributed by atoms with van der Waals surface area (Å²) in [6.45, 7) is 2.22. The van der Waals surface area contributed by atoms with E-state index in [9.17, 15) is 9.59 Å². The molecule has 7 nitrogen and oxygen atoms in total. The molecule has 1 N–H and O–H groups in total. The topological polar surface area (TPSA) is 86.2 Å². The van der Waals surface area contributed by atoms with E-state index in [4.69, 9.17) is 14.2 Å². The van der Waals surface area contributed by atoms with E-state index >= 15 is 0 Å². The Kier molecular flexibility index (Phi) is 8.36. The Hall–Kier alpha value is -4.39. The molecule has 3 aromatic carbocycles. The predicted octanol–water partition coefficient (Wildman–Crippen LogP) is 4.48. The molecule has 0 aliphatic rings. The lowest BCUT2D eigenvalue weighted by Crippen LogP contribution is -2.17. The minimum atomic E-state index is -0.520. The second-order valence-electron chi connectivity index (χ2n) is 6.73. The molecule has 0 spiro atoms. The van der Waals surface area contributed by atoms with Crippen molar-refractivity contribution in [1.29, 1.82) is 0 Å². The van der Waals surface area contributed by atoms with Gasteiger partial charge in [0.25, 0.3) is 5.91 Å². The van der Waals surface area contributed by atoms with Crippen molar-refractivity contribution in [2.24, 2.45) is 5.10 Å². The fourth-order valence-electron chi connectivity index (χ4n) is 2.80. The minimum Gasteiger partial charge on any atom is -0.497 e. The van der Waals surface area contributed by atoms with Crippen LogP contribution in [0.25, 0.3) is 6.08 Å². The van der Waals surface area contributed by atoms with E-state index < -0.39 is 5.97 Å². The van der Waals surface area contributed by atoms with Gasteiger partial charge in [-0.15, -0.1) is 0 Å². The van der Waals surface area contributed by atoms with Crippen molar-refractivity contribution < 1.29 is 23.8 Å². The summed E-state index contributed by atoms with van der Waals surface area (Å²) >= 11 is 0. The number of methoxy groups -OCH3 is 1. The Morgan fingerprint density at radius 1 is 0.939 bits per heavy atom. The number of hydrazone groups is 1. The molecule has 0 fully saturated rings. The molecule has 0 atom stereocenters. The summed E-state index contributed by atoms with van der Waals surface area (Å²) in [5.41, 5.74) is 4.47. The molecular formula is C26H24N2O5. The highest BCUT2D eigenvalue weighted by Crippen LogP contribution is 2.28. The Balaban J connectivity index is 1.64. The highest BCUT2D eigenvalue weighted by Gasteiger charge is 2.10. The number of rotatable bonds is 9. The zero-order valence-electron chi connectivity index (χ0n) is 18.4. The molecule has 0 saturated heterocycles. The van der Waals surface area contributed by atoms with Crippen molar-refractivity contribution in [3.63, 3.8) is 0 Å². The summed E-state index contributed by atoms with van der Waals surface area (Å²) < 4.78 is 16.1. The maximum atomic E-state index is 12.2. The van der Waals surface area contributed by atoms with E-state index in [0.717, 1.165) is 5.56 Å². The van der Waals surface area contributed by atoms with Crippen LogP contribution in [0.2, 0.25) is 0 Å². The standard InChI is InChI=1S/C26H24N2O5/c1-3-32-24-17-20(18-27-28-26(30)21-11-13-22(31-2)14-12-21)9-15-23(24)33-25(29)16-10-19-7-5-4-6-8-19/h4-18H,3H2,1-2H3,(H,28,30)/b16-10+,27-18+. The number of esters is 1. The van der Waals surface area contributed by atoms with Crippen LogP contribution in [0.1, 0.15) is 28.4 Å². The van der Waals surface area contributed by atoms with Crippen LogP contribution in [0, 0.1) is 0 Å². The number of hydrogen-bond donors (Lipinski definition) is 1. The van der Waals surface area contributed by atoms with Gasteiger partial charge in [-0.3, -0.25) is 4.79 Å². The summed E-state index contributed by atoms with van der Waals surface area (Å²) in [6, 6.07) is 21.1. The number of amides is 1. The second kappa shape index (κ2) is 11.9. The third-order valence-corrected chi connectivity index (χ3v) is 4.42. The van der Waals surface area contributed by atoms with Crippen LogP contribution >= 0.6 is 0 Å². The van der Waals surface area contributed by atoms with Gasteiger partial charge in [0.05, 0.1) is 19.9 Å². The van der Waals surface area contributed by atoms with Crippen molar-refractivity contribution in [1.82, 2.24) is 5.43 Å². The molecular weight excluding hydrogens is 420 g/mol. The quantitative estimate of drug-likeness (QED) is 0.173. The first-order valence-electron chi connectivity index (χ1n) is 10.3. The number of nitrogens with zero attached hydrogens (tertiary/aromatic N) is 1. The van der Waals surface area contributed by atoms with Crippen molar-refractivity contribution >= 4 is 24.2 Å². The molecule has 1 amide bonds. The van der Waals surface area contributed by atoms with Gasteiger partial charge in [0.1, 0.15) is 5.75 Å². The molecule has 3 aromatic rings. The van der Waals surface area contributed by atoms with E-state index in [1.54, 1.807) is 55.7 Å². The van der Waals surface area contributed by atoms with Gasteiger partial charge in [-0.1, -0.05) is 30.3 Å². The fraction of sp³-hybridized carbons (Fsp3) is 0.115. The molecule has 0 aliphatic heterocycles. The Labute approximate surface area is 192 Å². The Morgan fingerprint density at radius 2 is 1.70 bits per heavy atom. The normalized spacial score (nSPS) is 10.8. The zero-order chi connectivity index (χ0) is 23.5. The van der Waals surface area contributed by atoms with E-state index in [1.807, 2.05) is 37.3 Å². The smallest absolute Gasteiger partial charge is 0.336 e. The van der Waals surface area contributed by atoms with Gasteiger partial charge in [-0.05, 0) is 66.6 Å². The fourth-order valence-corrected chi connectivity index (χ4v) is 2.80. The highest BCUT2D eigenvalue weighted by molar-refractivity contribution is 5.95. The van der Waals surface area contributed by atoms with Gasteiger partial charge in [0.2, 0.25) is 0 Å². The number of nitrogens with one attached hydrogen (secondary N) is 1. The molecule has 0 heterocycles. The third kappa shape index (κ3) is 7.07. The van der Waals surface area contributed by atoms with E-state index in [1.165, 1.54) is 12.3 Å². The number of hydrogen-bond acceptors (Lipinski definition) is 6. The van der Waals surface area contributed by atoms with Gasteiger partial charge < -0.3 is 14.2 Å². The number of benzene rings is 3. The van der Waals surface area contributed by atoms with E-state index in [0.29, 0.717) is 35.0 Å². The number of ether oxygens (including phenoxy) is 3. The van der Waals surface area contributed by atoms with Crippen molar-refractivity contribution in [3.05, 3.63) is 95.6 Å². The molecule has 33 heavy (non-hydrogen) atoms. The first-order valence-corrected chi connectivity index (χ1v) is 10.3. The maximum absolute atomic E-state index is 12.2. The molecule has 0 aliphatic carbocycles. The second-order valence-corrected chi connectivity index (χ2v) is 6.73. The lowest BCUT2D eigenvalue weighted by Gasteiger charge is -2.10. The largest absolute Gasteiger partial charge is 0.497 e. The van der Waals surface area contributed by atoms with Gasteiger partial charge in [-0.2, -0.15) is 5.10 Å². The molecule has 3 rings (SSSR count). The van der Waals surface area contributed by atoms with Crippen molar-refractivity contribution in [2.75, 3.05) is 13.7 Å². The van der Waals surface area contributed by atoms with Crippen LogP contribution in [0.4, 0.5) is 0 Å². The van der Waals surface area contributed by atoms with Crippen LogP contribution in [-0.4, -0.2) is 31.8 Å². The van der Waals surface area contributed by atoms with Crippen LogP contribution < -0.4 is 19.6 Å². The molecule has 168 valence electrons. The Morgan fingerprint density at radius 3 is 2.39 bits per heavy atom. The predicted molar refractivity (Wildman–Crippen MR) is 127 cm³/mol. The first kappa shape index (κ1) is 23.3. The SMILES string of the molecule is CCOc1cc(/C=N/NC(=O)c2ccc(OC)cc2)ccc1OC(=O)/C=C/c1ccccc1. The number of carbonyl (C=O) groups excluding carboxylic acids is 2. The van der Waals surface area contributed by atoms with Crippen LogP contribution in [0.15, 0.2) is 84.0 Å². The summed E-state index contributed by atoms with van der Waals surface area (Å²) in [4.78, 5) is 24.4. The summed E-state index contributed by atoms with van der Waals surface area (Å²) in [6.07, 6.45) is 4.51. The van der Waals surface area contributed by atoms with Crippen LogP contribution in [-0.2, 0) is 4.79 Å². The van der Waals surface area contributed by atoms with E-state index in [-0.39, 0.29) is 5.91 Å². The average Bonchev–Trinajstić information content (AvgIpc) is 2.85. The minimum absolute atomic E-state index is 0.291. The third-order valence-electron chi connectivity index (χ3n) is 4.42. The van der Waals surface area contributed by atoms with Crippen molar-refractivity contribution in [3.8, 4) is 17.2 Å². The Bertz CT molecular complexity index is 1140. The van der Waals surface area contributed by atoms with Gasteiger partial charge in [-0.25, -0.2) is 10.2 Å². The monoisotopic (exact) mass is 444 g/mol. The van der Waals surface area contributed by atoms with Crippen LogP contribution in [0.5, 0.6) is 17.2 Å². The number of carbonyl (C=O) groups is 2. The molecule has 0 bridgehead atoms.